The lowest BCUT2D eigenvalue weighted by Gasteiger charge is -2.22. The molecule has 1 aromatic heterocycles. The van der Waals surface area contributed by atoms with E-state index in [1.807, 2.05) is 25.1 Å². The molecule has 1 N–H and O–H groups in total. The van der Waals surface area contributed by atoms with Crippen LogP contribution in [0.5, 0.6) is 0 Å². The topological polar surface area (TPSA) is 62.3 Å². The second kappa shape index (κ2) is 8.13. The second-order valence-corrected chi connectivity index (χ2v) is 6.78. The van der Waals surface area contributed by atoms with E-state index in [-0.39, 0.29) is 17.9 Å². The van der Waals surface area contributed by atoms with Gasteiger partial charge in [-0.3, -0.25) is 14.6 Å². The summed E-state index contributed by atoms with van der Waals surface area (Å²) < 4.78 is 0. The molecule has 0 radical (unpaired) electrons. The van der Waals surface area contributed by atoms with Crippen LogP contribution in [0.3, 0.4) is 0 Å². The number of aromatic nitrogens is 1. The number of amides is 2. The average Bonchev–Trinajstić information content (AvgIpc) is 3.00. The molecule has 5 heteroatoms. The minimum absolute atomic E-state index is 0.0893. The summed E-state index contributed by atoms with van der Waals surface area (Å²) in [6.45, 7) is 4.80. The Bertz CT molecular complexity index is 803. The molecular formula is C21H25N3O2. The smallest absolute Gasteiger partial charge is 0.260 e. The van der Waals surface area contributed by atoms with Crippen molar-refractivity contribution in [2.75, 3.05) is 11.4 Å². The number of rotatable bonds is 6. The first kappa shape index (κ1) is 18.1. The summed E-state index contributed by atoms with van der Waals surface area (Å²) >= 11 is 0. The molecule has 1 unspecified atom stereocenters. The molecule has 2 aromatic rings. The van der Waals surface area contributed by atoms with E-state index in [0.29, 0.717) is 17.7 Å². The summed E-state index contributed by atoms with van der Waals surface area (Å²) in [5.41, 5.74) is 2.98. The van der Waals surface area contributed by atoms with E-state index < -0.39 is 0 Å². The van der Waals surface area contributed by atoms with E-state index in [9.17, 15) is 9.59 Å². The number of anilines is 1. The number of hydrogen-bond donors (Lipinski definition) is 1. The van der Waals surface area contributed by atoms with Crippen LogP contribution in [0.25, 0.3) is 0 Å². The minimum Gasteiger partial charge on any atom is -0.352 e. The third-order valence-corrected chi connectivity index (χ3v) is 4.74. The Morgan fingerprint density at radius 1 is 1.19 bits per heavy atom. The zero-order valence-electron chi connectivity index (χ0n) is 15.4. The zero-order chi connectivity index (χ0) is 18.5. The van der Waals surface area contributed by atoms with Gasteiger partial charge in [-0.15, -0.1) is 0 Å². The van der Waals surface area contributed by atoms with E-state index in [1.54, 1.807) is 11.0 Å². The van der Waals surface area contributed by atoms with Crippen LogP contribution in [0.2, 0.25) is 0 Å². The van der Waals surface area contributed by atoms with E-state index in [4.69, 9.17) is 0 Å². The molecule has 3 rings (SSSR count). The normalized spacial score (nSPS) is 15.6. The molecule has 1 atom stereocenters. The van der Waals surface area contributed by atoms with Crippen LogP contribution < -0.4 is 10.2 Å². The van der Waals surface area contributed by atoms with Crippen LogP contribution in [0, 0.1) is 0 Å². The molecule has 1 aromatic carbocycles. The standard InChI is InChI=1S/C21H25N3O2/c1-3-4-7-10-23-20(25)17-12-18(14-22-13-17)21(26)24-15(2)11-16-8-5-6-9-19(16)24/h5-6,8-9,12-15H,3-4,7,10-11H2,1-2H3,(H,23,25). The quantitative estimate of drug-likeness (QED) is 0.809. The summed E-state index contributed by atoms with van der Waals surface area (Å²) in [5.74, 6) is -0.297. The molecule has 0 aliphatic carbocycles. The van der Waals surface area contributed by atoms with Crippen molar-refractivity contribution in [2.24, 2.45) is 0 Å². The molecule has 0 spiro atoms. The molecule has 5 nitrogen and oxygen atoms in total. The number of carbonyl (C=O) groups is 2. The second-order valence-electron chi connectivity index (χ2n) is 6.78. The molecule has 0 fully saturated rings. The highest BCUT2D eigenvalue weighted by Gasteiger charge is 2.31. The van der Waals surface area contributed by atoms with Crippen LogP contribution in [0.4, 0.5) is 5.69 Å². The van der Waals surface area contributed by atoms with Crippen LogP contribution in [-0.2, 0) is 6.42 Å². The molecule has 2 heterocycles. The highest BCUT2D eigenvalue weighted by Crippen LogP contribution is 2.33. The predicted molar refractivity (Wildman–Crippen MR) is 103 cm³/mol. The van der Waals surface area contributed by atoms with Crippen LogP contribution in [-0.4, -0.2) is 29.4 Å². The minimum atomic E-state index is -0.182. The van der Waals surface area contributed by atoms with Gasteiger partial charge >= 0.3 is 0 Å². The summed E-state index contributed by atoms with van der Waals surface area (Å²) in [4.78, 5) is 31.3. The highest BCUT2D eigenvalue weighted by atomic mass is 16.2. The third-order valence-electron chi connectivity index (χ3n) is 4.74. The molecular weight excluding hydrogens is 326 g/mol. The number of pyridine rings is 1. The molecule has 0 saturated carbocycles. The van der Waals surface area contributed by atoms with Gasteiger partial charge in [0.2, 0.25) is 0 Å². The van der Waals surface area contributed by atoms with Crippen molar-refractivity contribution in [3.63, 3.8) is 0 Å². The summed E-state index contributed by atoms with van der Waals surface area (Å²) in [6, 6.07) is 9.68. The Kier molecular flexibility index (Phi) is 5.66. The number of para-hydroxylation sites is 1. The van der Waals surface area contributed by atoms with Crippen molar-refractivity contribution in [3.05, 3.63) is 59.4 Å². The maximum atomic E-state index is 13.0. The molecule has 2 amide bonds. The monoisotopic (exact) mass is 351 g/mol. The summed E-state index contributed by atoms with van der Waals surface area (Å²) in [5, 5.41) is 2.89. The van der Waals surface area contributed by atoms with Crippen molar-refractivity contribution in [3.8, 4) is 0 Å². The van der Waals surface area contributed by atoms with Gasteiger partial charge in [0.15, 0.2) is 0 Å². The van der Waals surface area contributed by atoms with Crippen LogP contribution >= 0.6 is 0 Å². The van der Waals surface area contributed by atoms with Crippen molar-refractivity contribution in [2.45, 2.75) is 45.6 Å². The first-order valence-corrected chi connectivity index (χ1v) is 9.26. The maximum absolute atomic E-state index is 13.0. The van der Waals surface area contributed by atoms with E-state index >= 15 is 0 Å². The van der Waals surface area contributed by atoms with Gasteiger partial charge in [-0.05, 0) is 37.5 Å². The van der Waals surface area contributed by atoms with Gasteiger partial charge in [0.1, 0.15) is 0 Å². The third kappa shape index (κ3) is 3.77. The fraction of sp³-hybridized carbons (Fsp3) is 0.381. The number of fused-ring (bicyclic) bond motifs is 1. The Hall–Kier alpha value is -2.69. The van der Waals surface area contributed by atoms with Crippen LogP contribution in [0.15, 0.2) is 42.7 Å². The lowest BCUT2D eigenvalue weighted by atomic mass is 10.1. The number of nitrogens with one attached hydrogen (secondary N) is 1. The number of nitrogens with zero attached hydrogens (tertiary/aromatic N) is 2. The number of unbranched alkanes of at least 4 members (excludes halogenated alkanes) is 2. The Labute approximate surface area is 154 Å². The van der Waals surface area contributed by atoms with Gasteiger partial charge in [0.05, 0.1) is 11.1 Å². The first-order valence-electron chi connectivity index (χ1n) is 9.26. The van der Waals surface area contributed by atoms with Gasteiger partial charge in [0, 0.05) is 30.7 Å². The Balaban J connectivity index is 1.76. The first-order chi connectivity index (χ1) is 12.6. The molecule has 1 aliphatic heterocycles. The fourth-order valence-electron chi connectivity index (χ4n) is 3.37. The number of carbonyl (C=O) groups excluding carboxylic acids is 2. The van der Waals surface area contributed by atoms with Crippen LogP contribution in [0.1, 0.15) is 59.4 Å². The lowest BCUT2D eigenvalue weighted by Crippen LogP contribution is -2.36. The van der Waals surface area contributed by atoms with Crippen molar-refractivity contribution in [1.82, 2.24) is 10.3 Å². The average molecular weight is 351 g/mol. The molecule has 0 bridgehead atoms. The summed E-state index contributed by atoms with van der Waals surface area (Å²) in [7, 11) is 0. The fourth-order valence-corrected chi connectivity index (χ4v) is 3.37. The van der Waals surface area contributed by atoms with Crippen molar-refractivity contribution in [1.29, 1.82) is 0 Å². The molecule has 1 aliphatic rings. The van der Waals surface area contributed by atoms with Gasteiger partial charge in [-0.1, -0.05) is 38.0 Å². The molecule has 0 saturated heterocycles. The summed E-state index contributed by atoms with van der Waals surface area (Å²) in [6.07, 6.45) is 7.03. The largest absolute Gasteiger partial charge is 0.352 e. The SMILES string of the molecule is CCCCCNC(=O)c1cncc(C(=O)N2c3ccccc3CC2C)c1. The number of benzene rings is 1. The molecule has 26 heavy (non-hydrogen) atoms. The number of hydrogen-bond acceptors (Lipinski definition) is 3. The van der Waals surface area contributed by atoms with Crippen molar-refractivity contribution >= 4 is 17.5 Å². The Morgan fingerprint density at radius 3 is 2.77 bits per heavy atom. The van der Waals surface area contributed by atoms with E-state index in [0.717, 1.165) is 31.4 Å². The predicted octanol–water partition coefficient (Wildman–Crippen LogP) is 3.59. The van der Waals surface area contributed by atoms with Gasteiger partial charge in [-0.25, -0.2) is 0 Å². The van der Waals surface area contributed by atoms with Crippen molar-refractivity contribution < 1.29 is 9.59 Å². The van der Waals surface area contributed by atoms with Gasteiger partial charge in [0.25, 0.3) is 11.8 Å². The molecule has 136 valence electrons. The zero-order valence-corrected chi connectivity index (χ0v) is 15.4. The Morgan fingerprint density at radius 2 is 1.96 bits per heavy atom. The highest BCUT2D eigenvalue weighted by molar-refractivity contribution is 6.08. The maximum Gasteiger partial charge on any atom is 0.260 e. The van der Waals surface area contributed by atoms with Gasteiger partial charge in [-0.2, -0.15) is 0 Å². The van der Waals surface area contributed by atoms with E-state index in [2.05, 4.69) is 23.3 Å². The van der Waals surface area contributed by atoms with Gasteiger partial charge < -0.3 is 10.2 Å². The van der Waals surface area contributed by atoms with E-state index in [1.165, 1.54) is 18.0 Å². The lowest BCUT2D eigenvalue weighted by molar-refractivity contribution is 0.0952.